The molecule has 0 aromatic rings. The molecule has 20 heavy (non-hydrogen) atoms. The molecule has 3 aliphatic rings. The summed E-state index contributed by atoms with van der Waals surface area (Å²) in [7, 11) is 1.67. The summed E-state index contributed by atoms with van der Waals surface area (Å²) in [4.78, 5) is 15.2. The van der Waals surface area contributed by atoms with Gasteiger partial charge in [0.05, 0.1) is 0 Å². The van der Waals surface area contributed by atoms with Crippen molar-refractivity contribution in [1.82, 2.24) is 15.5 Å². The number of methoxy groups -OCH3 is 1. The van der Waals surface area contributed by atoms with E-state index in [1.54, 1.807) is 7.11 Å². The van der Waals surface area contributed by atoms with Crippen LogP contribution in [0.3, 0.4) is 0 Å². The number of hydrogen-bond acceptors (Lipinski definition) is 4. The Labute approximate surface area is 121 Å². The van der Waals surface area contributed by atoms with Crippen molar-refractivity contribution in [3.63, 3.8) is 0 Å². The quantitative estimate of drug-likeness (QED) is 0.788. The summed E-state index contributed by atoms with van der Waals surface area (Å²) >= 11 is 0. The Morgan fingerprint density at radius 2 is 2.05 bits per heavy atom. The Morgan fingerprint density at radius 3 is 2.65 bits per heavy atom. The van der Waals surface area contributed by atoms with E-state index in [1.165, 1.54) is 12.8 Å². The summed E-state index contributed by atoms with van der Waals surface area (Å²) in [6.45, 7) is 5.00. The topological polar surface area (TPSA) is 53.6 Å². The van der Waals surface area contributed by atoms with Gasteiger partial charge in [-0.15, -0.1) is 0 Å². The molecule has 5 nitrogen and oxygen atoms in total. The fourth-order valence-corrected chi connectivity index (χ4v) is 3.75. The van der Waals surface area contributed by atoms with Crippen molar-refractivity contribution in [3.8, 4) is 0 Å². The molecule has 1 amide bonds. The molecule has 0 radical (unpaired) electrons. The molecule has 3 fully saturated rings. The van der Waals surface area contributed by atoms with Gasteiger partial charge in [0.15, 0.2) is 0 Å². The zero-order valence-corrected chi connectivity index (χ0v) is 12.7. The van der Waals surface area contributed by atoms with E-state index in [4.69, 9.17) is 4.74 Å². The number of nitrogens with one attached hydrogen (secondary N) is 2. The van der Waals surface area contributed by atoms with Crippen LogP contribution >= 0.6 is 0 Å². The minimum absolute atomic E-state index is 0.0938. The lowest BCUT2D eigenvalue weighted by Crippen LogP contribution is -2.56. The first-order valence-electron chi connectivity index (χ1n) is 7.97. The van der Waals surface area contributed by atoms with Crippen molar-refractivity contribution in [1.29, 1.82) is 0 Å². The van der Waals surface area contributed by atoms with Gasteiger partial charge in [-0.25, -0.2) is 0 Å². The number of carbonyl (C=O) groups excluding carboxylic acids is 1. The molecule has 2 aliphatic heterocycles. The average Bonchev–Trinajstić information content (AvgIpc) is 3.24. The van der Waals surface area contributed by atoms with Crippen LogP contribution in [0.25, 0.3) is 0 Å². The Balaban J connectivity index is 1.58. The van der Waals surface area contributed by atoms with Crippen molar-refractivity contribution in [3.05, 3.63) is 0 Å². The lowest BCUT2D eigenvalue weighted by molar-refractivity contribution is -0.147. The minimum Gasteiger partial charge on any atom is -0.368 e. The molecular weight excluding hydrogens is 254 g/mol. The van der Waals surface area contributed by atoms with Crippen LogP contribution in [0, 0.1) is 0 Å². The van der Waals surface area contributed by atoms with Gasteiger partial charge in [-0.05, 0) is 52.1 Å². The molecule has 1 aliphatic carbocycles. The van der Waals surface area contributed by atoms with Crippen molar-refractivity contribution < 1.29 is 9.53 Å². The minimum atomic E-state index is -0.610. The van der Waals surface area contributed by atoms with E-state index >= 15 is 0 Å². The molecule has 0 spiro atoms. The predicted molar refractivity (Wildman–Crippen MR) is 77.6 cm³/mol. The summed E-state index contributed by atoms with van der Waals surface area (Å²) in [6.07, 6.45) is 5.27. The second-order valence-corrected chi connectivity index (χ2v) is 6.63. The van der Waals surface area contributed by atoms with Crippen LogP contribution in [0.15, 0.2) is 0 Å². The number of carbonyl (C=O) groups is 1. The average molecular weight is 281 g/mol. The highest BCUT2D eigenvalue weighted by molar-refractivity contribution is 5.85. The van der Waals surface area contributed by atoms with Crippen LogP contribution in [0.5, 0.6) is 0 Å². The molecule has 1 saturated carbocycles. The Hall–Kier alpha value is -0.650. The number of rotatable bonds is 4. The van der Waals surface area contributed by atoms with Gasteiger partial charge in [-0.2, -0.15) is 0 Å². The lowest BCUT2D eigenvalue weighted by Gasteiger charge is -2.35. The molecule has 0 aromatic heterocycles. The van der Waals surface area contributed by atoms with Crippen LogP contribution in [-0.4, -0.2) is 61.3 Å². The molecule has 2 N–H and O–H groups in total. The molecule has 114 valence electrons. The largest absolute Gasteiger partial charge is 0.368 e. The number of piperidine rings is 1. The zero-order chi connectivity index (χ0) is 14.2. The maximum Gasteiger partial charge on any atom is 0.252 e. The molecular formula is C15H27N3O2. The van der Waals surface area contributed by atoms with Crippen LogP contribution in [-0.2, 0) is 9.53 Å². The van der Waals surface area contributed by atoms with Crippen molar-refractivity contribution in [2.24, 2.45) is 0 Å². The number of hydrogen-bond donors (Lipinski definition) is 2. The summed E-state index contributed by atoms with van der Waals surface area (Å²) in [5, 5.41) is 6.54. The van der Waals surface area contributed by atoms with Gasteiger partial charge in [0.2, 0.25) is 0 Å². The SMILES string of the molecule is COC1(C(=O)NC2CC(C)N(C3CC3)C2)CCNCC1. The maximum atomic E-state index is 12.6. The number of nitrogens with zero attached hydrogens (tertiary/aromatic N) is 1. The predicted octanol–water partition coefficient (Wildman–Crippen LogP) is 0.496. The van der Waals surface area contributed by atoms with Crippen molar-refractivity contribution >= 4 is 5.91 Å². The lowest BCUT2D eigenvalue weighted by atomic mass is 9.90. The summed E-state index contributed by atoms with van der Waals surface area (Å²) in [6, 6.07) is 1.67. The van der Waals surface area contributed by atoms with Gasteiger partial charge in [0.1, 0.15) is 5.60 Å². The first-order valence-corrected chi connectivity index (χ1v) is 7.97. The molecule has 0 bridgehead atoms. The van der Waals surface area contributed by atoms with Crippen LogP contribution in [0.4, 0.5) is 0 Å². The van der Waals surface area contributed by atoms with Crippen LogP contribution < -0.4 is 10.6 Å². The fourth-order valence-electron chi connectivity index (χ4n) is 3.75. The summed E-state index contributed by atoms with van der Waals surface area (Å²) in [5.41, 5.74) is -0.610. The Kier molecular flexibility index (Phi) is 4.02. The van der Waals surface area contributed by atoms with Crippen LogP contribution in [0.1, 0.15) is 39.0 Å². The van der Waals surface area contributed by atoms with E-state index in [0.29, 0.717) is 12.1 Å². The normalized spacial score (nSPS) is 34.1. The van der Waals surface area contributed by atoms with E-state index in [9.17, 15) is 4.79 Å². The van der Waals surface area contributed by atoms with Gasteiger partial charge in [-0.3, -0.25) is 9.69 Å². The molecule has 2 heterocycles. The smallest absolute Gasteiger partial charge is 0.252 e. The number of likely N-dealkylation sites (tertiary alicyclic amines) is 1. The van der Waals surface area contributed by atoms with E-state index in [2.05, 4.69) is 22.5 Å². The van der Waals surface area contributed by atoms with Gasteiger partial charge < -0.3 is 15.4 Å². The molecule has 2 saturated heterocycles. The van der Waals surface area contributed by atoms with Crippen molar-refractivity contribution in [2.75, 3.05) is 26.7 Å². The maximum absolute atomic E-state index is 12.6. The highest BCUT2D eigenvalue weighted by Gasteiger charge is 2.43. The Morgan fingerprint density at radius 1 is 1.35 bits per heavy atom. The monoisotopic (exact) mass is 281 g/mol. The van der Waals surface area contributed by atoms with Gasteiger partial charge >= 0.3 is 0 Å². The highest BCUT2D eigenvalue weighted by atomic mass is 16.5. The third-order valence-electron chi connectivity index (χ3n) is 5.19. The van der Waals surface area contributed by atoms with Gasteiger partial charge in [0, 0.05) is 31.8 Å². The third kappa shape index (κ3) is 2.71. The molecule has 3 rings (SSSR count). The first-order chi connectivity index (χ1) is 9.64. The standard InChI is InChI=1S/C15H27N3O2/c1-11-9-12(10-18(11)13-3-4-13)17-14(19)15(20-2)5-7-16-8-6-15/h11-13,16H,3-10H2,1-2H3,(H,17,19). The van der Waals surface area contributed by atoms with Gasteiger partial charge in [-0.1, -0.05) is 0 Å². The molecule has 2 atom stereocenters. The zero-order valence-electron chi connectivity index (χ0n) is 12.7. The highest BCUT2D eigenvalue weighted by Crippen LogP contribution is 2.33. The number of ether oxygens (including phenoxy) is 1. The molecule has 5 heteroatoms. The van der Waals surface area contributed by atoms with Crippen LogP contribution in [0.2, 0.25) is 0 Å². The molecule has 0 aromatic carbocycles. The van der Waals surface area contributed by atoms with E-state index in [-0.39, 0.29) is 5.91 Å². The fraction of sp³-hybridized carbons (Fsp3) is 0.933. The van der Waals surface area contributed by atoms with E-state index in [1.807, 2.05) is 0 Å². The second-order valence-electron chi connectivity index (χ2n) is 6.63. The van der Waals surface area contributed by atoms with E-state index in [0.717, 1.165) is 44.9 Å². The second kappa shape index (κ2) is 5.62. The number of amides is 1. The third-order valence-corrected chi connectivity index (χ3v) is 5.19. The summed E-state index contributed by atoms with van der Waals surface area (Å²) < 4.78 is 5.60. The van der Waals surface area contributed by atoms with Gasteiger partial charge in [0.25, 0.3) is 5.91 Å². The molecule has 2 unspecified atom stereocenters. The van der Waals surface area contributed by atoms with Crippen molar-refractivity contribution in [2.45, 2.75) is 62.8 Å². The first kappa shape index (κ1) is 14.3. The Bertz CT molecular complexity index is 364. The summed E-state index contributed by atoms with van der Waals surface area (Å²) in [5.74, 6) is 0.0938. The van der Waals surface area contributed by atoms with E-state index < -0.39 is 5.60 Å².